The molecule has 0 radical (unpaired) electrons. The highest BCUT2D eigenvalue weighted by Gasteiger charge is 1.06. The third kappa shape index (κ3) is 1700. The van der Waals surface area contributed by atoms with E-state index in [1.54, 1.807) is 0 Å². The van der Waals surface area contributed by atoms with Crippen LogP contribution in [0.5, 0.6) is 0 Å². The van der Waals surface area contributed by atoms with E-state index < -0.39 is 0 Å². The second-order valence-corrected chi connectivity index (χ2v) is 0. The normalized spacial score (nSPS) is 0.571. The minimum atomic E-state index is 0. The van der Waals surface area contributed by atoms with Crippen LogP contribution in [0.1, 0.15) is 0 Å². The average molecular weight is 126 g/mol. The molecule has 0 nitrogen and oxygen atoms in total. The minimum Gasteiger partial charge on any atom is -0.269 e. The maximum Gasteiger partial charge on any atom is 0.0643 e. The van der Waals surface area contributed by atoms with Crippen molar-refractivity contribution >= 4 is 15.5 Å². The Kier molecular flexibility index (Phi) is 145000. The third-order valence-electron chi connectivity index (χ3n) is 0. The highest BCUT2D eigenvalue weighted by Crippen LogP contribution is 0.619. The summed E-state index contributed by atoms with van der Waals surface area (Å²) in [6.45, 7) is 0. The zero-order valence-electron chi connectivity index (χ0n) is 4.04. The molecule has 0 saturated heterocycles. The Hall–Kier alpha value is -0.220. The second-order valence-electron chi connectivity index (χ2n) is 0. The lowest BCUT2D eigenvalue weighted by molar-refractivity contribution is 1.11. The lowest BCUT2D eigenvalue weighted by Gasteiger charge is -0.936. The zero-order valence-corrected chi connectivity index (χ0v) is 4.04. The van der Waals surface area contributed by atoms with Crippen LogP contribution in [0, 0.1) is 0 Å². The SMILES string of the molecule is BB.F.F.F.F.F. The van der Waals surface area contributed by atoms with Gasteiger partial charge in [-0.15, -0.1) is 0 Å². The van der Waals surface area contributed by atoms with Crippen molar-refractivity contribution in [1.29, 1.82) is 0 Å². The fraction of sp³-hybridized carbons (Fsp3) is 0. The van der Waals surface area contributed by atoms with Crippen molar-refractivity contribution in [2.24, 2.45) is 0 Å². The Morgan fingerprint density at radius 2 is 0.429 bits per heavy atom. The van der Waals surface area contributed by atoms with Crippen LogP contribution >= 0.6 is 0 Å². The molecule has 0 aromatic heterocycles. The number of hydrogen-bond acceptors (Lipinski definition) is 0. The van der Waals surface area contributed by atoms with Crippen LogP contribution in [0.3, 0.4) is 0 Å². The van der Waals surface area contributed by atoms with Crippen molar-refractivity contribution in [2.45, 2.75) is 0 Å². The molecule has 0 rings (SSSR count). The largest absolute Gasteiger partial charge is 0.269 e. The monoisotopic (exact) mass is 126 g/mol. The lowest BCUT2D eigenvalue weighted by Crippen LogP contribution is -1.38. The Labute approximate surface area is 40.3 Å². The van der Waals surface area contributed by atoms with Crippen LogP contribution in [0.4, 0.5) is 23.5 Å². The average Bonchev–Trinajstić information content (AvgIpc) is 1.00. The number of hydrogen-bond donors (Lipinski definition) is 0. The Balaban J connectivity index is -0.000000000500. The second kappa shape index (κ2) is 2730. The lowest BCUT2D eigenvalue weighted by atomic mass is 9.81. The first-order valence-electron chi connectivity index (χ1n) is 1.00. The maximum atomic E-state index is 2.00. The van der Waals surface area contributed by atoms with E-state index in [2.05, 4.69) is 0 Å². The molecule has 0 aliphatic carbocycles. The van der Waals surface area contributed by atoms with E-state index in [1.165, 1.54) is 0 Å². The van der Waals surface area contributed by atoms with Gasteiger partial charge in [0, 0.05) is 0 Å². The quantitative estimate of drug-likeness (QED) is 0.286. The van der Waals surface area contributed by atoms with Gasteiger partial charge in [-0.25, -0.2) is 0 Å². The van der Waals surface area contributed by atoms with E-state index in [4.69, 9.17) is 0 Å². The van der Waals surface area contributed by atoms with Gasteiger partial charge in [-0.3, -0.25) is 23.5 Å². The van der Waals surface area contributed by atoms with Crippen molar-refractivity contribution in [2.75, 3.05) is 0 Å². The topological polar surface area (TPSA) is 0 Å². The molecule has 0 saturated carbocycles. The standard InChI is InChI=1S/B2H4.5FH/c1-2;;;;;/h1-2H2;5*1H. The molecular weight excluding hydrogens is 117 g/mol. The Morgan fingerprint density at radius 3 is 0.429 bits per heavy atom. The van der Waals surface area contributed by atoms with Crippen molar-refractivity contribution in [3.63, 3.8) is 0 Å². The molecule has 0 aliphatic heterocycles. The molecule has 0 spiro atoms. The van der Waals surface area contributed by atoms with Gasteiger partial charge in [-0.2, -0.15) is 0 Å². The highest BCUT2D eigenvalue weighted by atomic mass is 19.0. The summed E-state index contributed by atoms with van der Waals surface area (Å²) in [4.78, 5) is 0. The summed E-state index contributed by atoms with van der Waals surface area (Å²) in [7, 11) is 4.00. The molecule has 0 fully saturated rings. The minimum absolute atomic E-state index is 0. The predicted molar refractivity (Wildman–Crippen MR) is 29.6 cm³/mol. The molecule has 0 unspecified atom stereocenters. The van der Waals surface area contributed by atoms with Crippen LogP contribution < -0.4 is 0 Å². The van der Waals surface area contributed by atoms with E-state index in [-0.39, 0.29) is 23.5 Å². The van der Waals surface area contributed by atoms with Crippen LogP contribution in [0.25, 0.3) is 0 Å². The summed E-state index contributed by atoms with van der Waals surface area (Å²) in [6, 6.07) is 0. The molecule has 7 heteroatoms. The predicted octanol–water partition coefficient (Wildman–Crippen LogP) is -1.07. The van der Waals surface area contributed by atoms with Crippen molar-refractivity contribution < 1.29 is 23.5 Å². The zero-order chi connectivity index (χ0) is 2.00. The summed E-state index contributed by atoms with van der Waals surface area (Å²) in [5.41, 5.74) is 0. The maximum absolute atomic E-state index is 2.00. The molecule has 0 aromatic carbocycles. The first-order valence-corrected chi connectivity index (χ1v) is 1.00. The Bertz CT molecular complexity index is 6.04. The van der Waals surface area contributed by atoms with E-state index in [0.29, 0.717) is 0 Å². The summed E-state index contributed by atoms with van der Waals surface area (Å²) < 4.78 is 0. The fourth-order valence-corrected chi connectivity index (χ4v) is 0. The number of halogens is 5. The molecular formula is H9B2F5. The van der Waals surface area contributed by atoms with Crippen LogP contribution in [0.2, 0.25) is 0 Å². The van der Waals surface area contributed by atoms with Crippen molar-refractivity contribution in [3.05, 3.63) is 0 Å². The van der Waals surface area contributed by atoms with E-state index in [9.17, 15) is 0 Å². The van der Waals surface area contributed by atoms with Gasteiger partial charge in [0.25, 0.3) is 0 Å². The summed E-state index contributed by atoms with van der Waals surface area (Å²) >= 11 is 0. The summed E-state index contributed by atoms with van der Waals surface area (Å²) in [5.74, 6) is 0. The molecule has 0 N–H and O–H groups in total. The van der Waals surface area contributed by atoms with Gasteiger partial charge in [0.05, 0.1) is 15.5 Å². The van der Waals surface area contributed by atoms with Gasteiger partial charge in [-0.1, -0.05) is 0 Å². The van der Waals surface area contributed by atoms with Gasteiger partial charge >= 0.3 is 0 Å². The molecule has 0 atom stereocenters. The number of rotatable bonds is 0. The molecule has 0 bridgehead atoms. The highest BCUT2D eigenvalue weighted by molar-refractivity contribution is 6.75. The smallest absolute Gasteiger partial charge is 0.0643 e. The van der Waals surface area contributed by atoms with Gasteiger partial charge in [0.2, 0.25) is 0 Å². The first-order chi connectivity index (χ1) is 1.00. The third-order valence-corrected chi connectivity index (χ3v) is 0. The molecule has 0 amide bonds. The van der Waals surface area contributed by atoms with Gasteiger partial charge in [0.1, 0.15) is 0 Å². The molecule has 50 valence electrons. The molecule has 7 heavy (non-hydrogen) atoms. The van der Waals surface area contributed by atoms with Crippen LogP contribution in [0.15, 0.2) is 0 Å². The fourth-order valence-electron chi connectivity index (χ4n) is 0. The van der Waals surface area contributed by atoms with Crippen LogP contribution in [-0.4, -0.2) is 15.5 Å². The van der Waals surface area contributed by atoms with E-state index in [0.717, 1.165) is 0 Å². The van der Waals surface area contributed by atoms with Gasteiger partial charge < -0.3 is 0 Å². The van der Waals surface area contributed by atoms with Crippen molar-refractivity contribution in [1.82, 2.24) is 0 Å². The molecule has 0 aromatic rings. The molecule has 0 aliphatic rings. The summed E-state index contributed by atoms with van der Waals surface area (Å²) in [5, 5.41) is 0. The van der Waals surface area contributed by atoms with Crippen molar-refractivity contribution in [3.8, 4) is 0 Å². The van der Waals surface area contributed by atoms with Crippen LogP contribution in [-0.2, 0) is 0 Å². The molecule has 0 heterocycles. The van der Waals surface area contributed by atoms with Gasteiger partial charge in [0.15, 0.2) is 0 Å². The van der Waals surface area contributed by atoms with E-state index in [1.807, 2.05) is 15.5 Å². The summed E-state index contributed by atoms with van der Waals surface area (Å²) in [6.07, 6.45) is 0. The van der Waals surface area contributed by atoms with E-state index >= 15 is 0 Å². The first kappa shape index (κ1) is 372. The van der Waals surface area contributed by atoms with Gasteiger partial charge in [-0.05, 0) is 0 Å². The Morgan fingerprint density at radius 1 is 0.429 bits per heavy atom.